The molecule has 0 saturated heterocycles. The number of fused-ring (bicyclic) bond motifs is 1. The molecule has 2 heterocycles. The van der Waals surface area contributed by atoms with Gasteiger partial charge in [0, 0.05) is 18.3 Å². The summed E-state index contributed by atoms with van der Waals surface area (Å²) in [7, 11) is 1.63. The van der Waals surface area contributed by atoms with Crippen LogP contribution in [0.3, 0.4) is 0 Å². The predicted octanol–water partition coefficient (Wildman–Crippen LogP) is 3.78. The van der Waals surface area contributed by atoms with Gasteiger partial charge in [0.05, 0.1) is 45.6 Å². The van der Waals surface area contributed by atoms with Crippen LogP contribution in [0.2, 0.25) is 5.15 Å². The highest BCUT2D eigenvalue weighted by Crippen LogP contribution is 2.27. The fraction of sp³-hybridized carbons (Fsp3) is 0.458. The van der Waals surface area contributed by atoms with Gasteiger partial charge in [-0.05, 0) is 38.5 Å². The van der Waals surface area contributed by atoms with Crippen molar-refractivity contribution in [2.75, 3.05) is 39.2 Å². The highest BCUT2D eigenvalue weighted by atomic mass is 35.5. The van der Waals surface area contributed by atoms with Crippen LogP contribution >= 0.6 is 11.6 Å². The van der Waals surface area contributed by atoms with E-state index in [-0.39, 0.29) is 5.95 Å². The van der Waals surface area contributed by atoms with E-state index in [1.165, 1.54) is 0 Å². The van der Waals surface area contributed by atoms with Gasteiger partial charge in [-0.1, -0.05) is 23.7 Å². The number of nitrogen functional groups attached to an aromatic ring is 1. The third-order valence-corrected chi connectivity index (χ3v) is 5.10. The molecule has 0 saturated carbocycles. The van der Waals surface area contributed by atoms with E-state index in [4.69, 9.17) is 36.3 Å². The summed E-state index contributed by atoms with van der Waals surface area (Å²) >= 11 is 6.29. The quantitative estimate of drug-likeness (QED) is 0.298. The van der Waals surface area contributed by atoms with Gasteiger partial charge in [-0.15, -0.1) is 0 Å². The molecule has 1 aromatic carbocycles. The zero-order valence-electron chi connectivity index (χ0n) is 20.5. The average molecular weight is 506 g/mol. The fourth-order valence-electron chi connectivity index (χ4n) is 3.35. The Labute approximate surface area is 209 Å². The van der Waals surface area contributed by atoms with Crippen LogP contribution in [-0.4, -0.2) is 59.7 Å². The number of nitrogens with one attached hydrogen (secondary N) is 1. The van der Waals surface area contributed by atoms with Gasteiger partial charge in [0.15, 0.2) is 5.15 Å². The lowest BCUT2D eigenvalue weighted by molar-refractivity contribution is 0.0355. The number of ether oxygens (including phenoxy) is 4. The van der Waals surface area contributed by atoms with Crippen LogP contribution in [0.25, 0.3) is 11.0 Å². The first kappa shape index (κ1) is 26.5. The molecule has 0 aliphatic carbocycles. The number of carbonyl (C=O) groups excluding carboxylic acids is 1. The number of aromatic nitrogens is 3. The summed E-state index contributed by atoms with van der Waals surface area (Å²) in [6.07, 6.45) is 1.44. The van der Waals surface area contributed by atoms with Crippen LogP contribution in [0.15, 0.2) is 30.5 Å². The number of alkyl carbamates (subject to hydrolysis) is 1. The Hall–Kier alpha value is -3.08. The molecule has 0 spiro atoms. The van der Waals surface area contributed by atoms with Gasteiger partial charge in [-0.25, -0.2) is 9.78 Å². The van der Waals surface area contributed by atoms with Crippen molar-refractivity contribution in [3.05, 3.63) is 46.7 Å². The summed E-state index contributed by atoms with van der Waals surface area (Å²) in [5.74, 6) is 0.884. The third-order valence-electron chi connectivity index (χ3n) is 4.83. The molecule has 35 heavy (non-hydrogen) atoms. The summed E-state index contributed by atoms with van der Waals surface area (Å²) in [5.41, 5.74) is 8.52. The second-order valence-corrected chi connectivity index (χ2v) is 9.15. The van der Waals surface area contributed by atoms with E-state index >= 15 is 0 Å². The first-order chi connectivity index (χ1) is 16.7. The van der Waals surface area contributed by atoms with E-state index in [1.54, 1.807) is 7.11 Å². The Morgan fingerprint density at radius 1 is 1.14 bits per heavy atom. The minimum atomic E-state index is -0.520. The molecular formula is C24H32ClN5O5. The van der Waals surface area contributed by atoms with Crippen molar-refractivity contribution >= 4 is 34.7 Å². The van der Waals surface area contributed by atoms with Gasteiger partial charge in [0.2, 0.25) is 5.95 Å². The number of halogens is 1. The SMILES string of the molecule is COc1cc(COCCOCCNC(=O)OC(C)(C)C)ccc1Cn1ccc2nc(N)nc(Cl)c21. The smallest absolute Gasteiger partial charge is 0.407 e. The maximum Gasteiger partial charge on any atom is 0.407 e. The summed E-state index contributed by atoms with van der Waals surface area (Å²) in [6.45, 7) is 7.98. The number of benzene rings is 1. The highest BCUT2D eigenvalue weighted by Gasteiger charge is 2.15. The number of hydrogen-bond donors (Lipinski definition) is 2. The van der Waals surface area contributed by atoms with E-state index in [1.807, 2.05) is 55.8 Å². The van der Waals surface area contributed by atoms with Gasteiger partial charge < -0.3 is 34.6 Å². The lowest BCUT2D eigenvalue weighted by atomic mass is 10.1. The zero-order valence-corrected chi connectivity index (χ0v) is 21.2. The number of hydrogen-bond acceptors (Lipinski definition) is 8. The minimum Gasteiger partial charge on any atom is -0.496 e. The number of methoxy groups -OCH3 is 1. The fourth-order valence-corrected chi connectivity index (χ4v) is 3.64. The molecule has 190 valence electrons. The second-order valence-electron chi connectivity index (χ2n) is 8.79. The number of nitrogens with two attached hydrogens (primary N) is 1. The molecule has 11 heteroatoms. The topological polar surface area (TPSA) is 123 Å². The molecular weight excluding hydrogens is 474 g/mol. The molecule has 2 aromatic heterocycles. The number of carbonyl (C=O) groups is 1. The maximum absolute atomic E-state index is 11.6. The van der Waals surface area contributed by atoms with Crippen LogP contribution in [-0.2, 0) is 27.4 Å². The zero-order chi connectivity index (χ0) is 25.4. The normalized spacial score (nSPS) is 11.6. The molecule has 0 bridgehead atoms. The molecule has 0 fully saturated rings. The van der Waals surface area contributed by atoms with Crippen LogP contribution in [0.1, 0.15) is 31.9 Å². The highest BCUT2D eigenvalue weighted by molar-refractivity contribution is 6.33. The van der Waals surface area contributed by atoms with Crippen molar-refractivity contribution in [3.63, 3.8) is 0 Å². The van der Waals surface area contributed by atoms with Crippen molar-refractivity contribution in [2.45, 2.75) is 39.5 Å². The molecule has 0 unspecified atom stereocenters. The molecule has 0 atom stereocenters. The van der Waals surface area contributed by atoms with Crippen molar-refractivity contribution < 1.29 is 23.7 Å². The third kappa shape index (κ3) is 7.98. The van der Waals surface area contributed by atoms with Gasteiger partial charge in [0.25, 0.3) is 0 Å². The Bertz CT molecular complexity index is 1150. The van der Waals surface area contributed by atoms with Crippen LogP contribution < -0.4 is 15.8 Å². The van der Waals surface area contributed by atoms with Gasteiger partial charge in [0.1, 0.15) is 16.9 Å². The van der Waals surface area contributed by atoms with Crippen LogP contribution in [0, 0.1) is 0 Å². The maximum atomic E-state index is 11.6. The van der Waals surface area contributed by atoms with E-state index < -0.39 is 11.7 Å². The largest absolute Gasteiger partial charge is 0.496 e. The molecule has 0 aliphatic heterocycles. The number of anilines is 1. The van der Waals surface area contributed by atoms with Gasteiger partial charge in [-0.2, -0.15) is 4.98 Å². The average Bonchev–Trinajstić information content (AvgIpc) is 3.17. The standard InChI is InChI=1S/C24H32ClN5O5/c1-24(2,3)35-23(31)27-8-10-33-11-12-34-15-16-5-6-17(19(13-16)32-4)14-30-9-7-18-20(30)21(25)29-22(26)28-18/h5-7,9,13H,8,10-12,14-15H2,1-4H3,(H,27,31)(H2,26,28,29). The lowest BCUT2D eigenvalue weighted by Crippen LogP contribution is -2.34. The van der Waals surface area contributed by atoms with Crippen molar-refractivity contribution in [1.82, 2.24) is 19.9 Å². The van der Waals surface area contributed by atoms with Crippen molar-refractivity contribution in [3.8, 4) is 5.75 Å². The number of nitrogens with zero attached hydrogens (tertiary/aromatic N) is 3. The van der Waals surface area contributed by atoms with E-state index in [9.17, 15) is 4.79 Å². The van der Waals surface area contributed by atoms with E-state index in [2.05, 4.69) is 15.3 Å². The summed E-state index contributed by atoms with van der Waals surface area (Å²) in [5, 5.41) is 2.95. The monoisotopic (exact) mass is 505 g/mol. The lowest BCUT2D eigenvalue weighted by Gasteiger charge is -2.19. The molecule has 3 aromatic rings. The van der Waals surface area contributed by atoms with Crippen LogP contribution in [0.4, 0.5) is 10.7 Å². The number of rotatable bonds is 11. The Kier molecular flexibility index (Phi) is 9.13. The van der Waals surface area contributed by atoms with Crippen molar-refractivity contribution in [2.24, 2.45) is 0 Å². The Morgan fingerprint density at radius 3 is 2.66 bits per heavy atom. The Balaban J connectivity index is 1.43. The van der Waals surface area contributed by atoms with E-state index in [0.29, 0.717) is 50.2 Å². The van der Waals surface area contributed by atoms with E-state index in [0.717, 1.165) is 22.4 Å². The number of amides is 1. The predicted molar refractivity (Wildman–Crippen MR) is 134 cm³/mol. The van der Waals surface area contributed by atoms with Gasteiger partial charge in [-0.3, -0.25) is 0 Å². The molecule has 10 nitrogen and oxygen atoms in total. The molecule has 0 aliphatic rings. The molecule has 3 rings (SSSR count). The molecule has 3 N–H and O–H groups in total. The van der Waals surface area contributed by atoms with Crippen molar-refractivity contribution in [1.29, 1.82) is 0 Å². The summed E-state index contributed by atoms with van der Waals surface area (Å²) in [4.78, 5) is 19.8. The van der Waals surface area contributed by atoms with Gasteiger partial charge >= 0.3 is 6.09 Å². The minimum absolute atomic E-state index is 0.144. The first-order valence-electron chi connectivity index (χ1n) is 11.2. The first-order valence-corrected chi connectivity index (χ1v) is 11.6. The molecule has 0 radical (unpaired) electrons. The second kappa shape index (κ2) is 12.1. The Morgan fingerprint density at radius 2 is 1.91 bits per heavy atom. The summed E-state index contributed by atoms with van der Waals surface area (Å²) < 4.78 is 23.9. The summed E-state index contributed by atoms with van der Waals surface area (Å²) in [6, 6.07) is 7.78. The van der Waals surface area contributed by atoms with Crippen LogP contribution in [0.5, 0.6) is 5.75 Å². The molecule has 1 amide bonds.